The molecule has 1 aromatic carbocycles. The van der Waals surface area contributed by atoms with E-state index < -0.39 is 20.7 Å². The summed E-state index contributed by atoms with van der Waals surface area (Å²) in [7, 11) is -1.84. The smallest absolute Gasteiger partial charge is 0.311 e. The number of carbonyl (C=O) groups is 1. The number of benzene rings is 1. The molecule has 1 N–H and O–H groups in total. The average Bonchev–Trinajstić information content (AvgIpc) is 3.23. The molecule has 1 aromatic heterocycles. The van der Waals surface area contributed by atoms with Crippen LogP contribution in [0.25, 0.3) is 0 Å². The van der Waals surface area contributed by atoms with Gasteiger partial charge in [0.05, 0.1) is 35.3 Å². The summed E-state index contributed by atoms with van der Waals surface area (Å²) in [4.78, 5) is 23.4. The lowest BCUT2D eigenvalue weighted by Gasteiger charge is -2.15. The van der Waals surface area contributed by atoms with Crippen LogP contribution in [0.1, 0.15) is 49.3 Å². The van der Waals surface area contributed by atoms with Crippen LogP contribution in [0, 0.1) is 10.1 Å². The fraction of sp³-hybridized carbons (Fsp3) is 0.474. The first-order chi connectivity index (χ1) is 13.9. The predicted octanol–water partition coefficient (Wildman–Crippen LogP) is 2.71. The highest BCUT2D eigenvalue weighted by Crippen LogP contribution is 2.32. The Morgan fingerprint density at radius 1 is 1.33 bits per heavy atom. The van der Waals surface area contributed by atoms with Crippen molar-refractivity contribution in [1.82, 2.24) is 9.78 Å². The number of methoxy groups -OCH3 is 1. The van der Waals surface area contributed by atoms with Crippen molar-refractivity contribution in [2.75, 3.05) is 23.9 Å². The van der Waals surface area contributed by atoms with Gasteiger partial charge in [0, 0.05) is 23.1 Å². The summed E-state index contributed by atoms with van der Waals surface area (Å²) in [5, 5.41) is 18.5. The number of hydrogen-bond acceptors (Lipinski definition) is 7. The molecule has 2 aromatic rings. The summed E-state index contributed by atoms with van der Waals surface area (Å²) in [6.07, 6.45) is 0.407. The third kappa shape index (κ3) is 4.45. The highest BCUT2D eigenvalue weighted by atomic mass is 32.2. The van der Waals surface area contributed by atoms with Crippen LogP contribution in [0.2, 0.25) is 0 Å². The van der Waals surface area contributed by atoms with Gasteiger partial charge in [0.1, 0.15) is 5.82 Å². The molecule has 0 aliphatic carbocycles. The maximum atomic E-state index is 12.8. The van der Waals surface area contributed by atoms with E-state index >= 15 is 0 Å². The van der Waals surface area contributed by atoms with E-state index in [0.29, 0.717) is 17.9 Å². The molecule has 11 heteroatoms. The Morgan fingerprint density at radius 2 is 2.03 bits per heavy atom. The molecule has 1 amide bonds. The van der Waals surface area contributed by atoms with Gasteiger partial charge in [0.2, 0.25) is 0 Å². The normalized spacial score (nSPS) is 18.2. The van der Waals surface area contributed by atoms with Gasteiger partial charge in [-0.15, -0.1) is 0 Å². The number of sulfone groups is 1. The molecule has 3 rings (SSSR count). The van der Waals surface area contributed by atoms with Crippen molar-refractivity contribution < 1.29 is 22.9 Å². The Balaban J connectivity index is 1.96. The molecule has 0 saturated carbocycles. The van der Waals surface area contributed by atoms with E-state index in [4.69, 9.17) is 4.74 Å². The Morgan fingerprint density at radius 3 is 2.57 bits per heavy atom. The SMILES string of the molecule is COc1ccc(C(=O)Nc2cc(C(C)(C)C)nn2C2CCS(=O)(=O)C2)cc1[N+](=O)[O-]. The topological polar surface area (TPSA) is 133 Å². The number of ether oxygens (including phenoxy) is 1. The third-order valence-corrected chi connectivity index (χ3v) is 6.69. The molecular formula is C19H24N4O6S. The number of carbonyl (C=O) groups excluding carboxylic acids is 1. The van der Waals surface area contributed by atoms with Crippen molar-refractivity contribution in [2.24, 2.45) is 0 Å². The van der Waals surface area contributed by atoms with E-state index in [9.17, 15) is 23.3 Å². The highest BCUT2D eigenvalue weighted by molar-refractivity contribution is 7.91. The second-order valence-corrected chi connectivity index (χ2v) is 10.5. The van der Waals surface area contributed by atoms with Crippen LogP contribution in [-0.2, 0) is 15.3 Å². The van der Waals surface area contributed by atoms with Gasteiger partial charge < -0.3 is 10.1 Å². The molecule has 1 saturated heterocycles. The van der Waals surface area contributed by atoms with Gasteiger partial charge in [0.15, 0.2) is 15.6 Å². The molecule has 1 fully saturated rings. The lowest BCUT2D eigenvalue weighted by Crippen LogP contribution is -2.20. The van der Waals surface area contributed by atoms with E-state index in [2.05, 4.69) is 10.4 Å². The molecule has 1 atom stereocenters. The molecule has 1 unspecified atom stereocenters. The molecule has 1 aliphatic heterocycles. The molecule has 1 aliphatic rings. The average molecular weight is 436 g/mol. The van der Waals surface area contributed by atoms with Crippen molar-refractivity contribution in [3.05, 3.63) is 45.6 Å². The number of amides is 1. The van der Waals surface area contributed by atoms with Crippen molar-refractivity contribution >= 4 is 27.2 Å². The summed E-state index contributed by atoms with van der Waals surface area (Å²) in [5.74, 6) is -0.142. The zero-order valence-corrected chi connectivity index (χ0v) is 18.0. The first-order valence-corrected chi connectivity index (χ1v) is 11.2. The van der Waals surface area contributed by atoms with Gasteiger partial charge in [-0.25, -0.2) is 13.1 Å². The second-order valence-electron chi connectivity index (χ2n) is 8.26. The monoisotopic (exact) mass is 436 g/mol. The molecule has 2 heterocycles. The van der Waals surface area contributed by atoms with Crippen LogP contribution in [0.15, 0.2) is 24.3 Å². The van der Waals surface area contributed by atoms with Gasteiger partial charge in [-0.3, -0.25) is 14.9 Å². The van der Waals surface area contributed by atoms with Gasteiger partial charge >= 0.3 is 5.69 Å². The Bertz CT molecular complexity index is 1100. The fourth-order valence-electron chi connectivity index (χ4n) is 3.26. The van der Waals surface area contributed by atoms with Crippen molar-refractivity contribution in [3.63, 3.8) is 0 Å². The number of nitro benzene ring substituents is 1. The molecule has 162 valence electrons. The van der Waals surface area contributed by atoms with Gasteiger partial charge in [-0.05, 0) is 18.6 Å². The summed E-state index contributed by atoms with van der Waals surface area (Å²) in [6, 6.07) is 5.24. The Kier molecular flexibility index (Phi) is 5.59. The van der Waals surface area contributed by atoms with E-state index in [0.717, 1.165) is 6.07 Å². The lowest BCUT2D eigenvalue weighted by atomic mass is 9.92. The number of aromatic nitrogens is 2. The summed E-state index contributed by atoms with van der Waals surface area (Å²) >= 11 is 0. The first-order valence-electron chi connectivity index (χ1n) is 9.35. The van der Waals surface area contributed by atoms with Crippen molar-refractivity contribution in [3.8, 4) is 5.75 Å². The third-order valence-electron chi connectivity index (χ3n) is 4.94. The standard InChI is InChI=1S/C19H24N4O6S/c1-19(2,3)16-10-17(22(21-16)13-7-8-30(27,28)11-13)20-18(24)12-5-6-15(29-4)14(9-12)23(25)26/h5-6,9-10,13H,7-8,11H2,1-4H3,(H,20,24). The van der Waals surface area contributed by atoms with Crippen molar-refractivity contribution in [1.29, 1.82) is 0 Å². The van der Waals surface area contributed by atoms with E-state index in [-0.39, 0.29) is 40.0 Å². The van der Waals surface area contributed by atoms with E-state index in [1.54, 1.807) is 10.7 Å². The Hall–Kier alpha value is -2.95. The molecule has 0 radical (unpaired) electrons. The summed E-state index contributed by atoms with van der Waals surface area (Å²) in [5.41, 5.74) is 0.131. The maximum Gasteiger partial charge on any atom is 0.311 e. The van der Waals surface area contributed by atoms with Crippen LogP contribution in [0.4, 0.5) is 11.5 Å². The maximum absolute atomic E-state index is 12.8. The molecule has 30 heavy (non-hydrogen) atoms. The molecule has 10 nitrogen and oxygen atoms in total. The minimum absolute atomic E-state index is 0.0465. The van der Waals surface area contributed by atoms with Crippen LogP contribution in [-0.4, -0.2) is 47.6 Å². The van der Waals surface area contributed by atoms with Gasteiger partial charge in [-0.1, -0.05) is 20.8 Å². The second kappa shape index (κ2) is 7.71. The number of nitrogens with one attached hydrogen (secondary N) is 1. The number of nitro groups is 1. The zero-order valence-electron chi connectivity index (χ0n) is 17.2. The molecule has 0 spiro atoms. The number of nitrogens with zero attached hydrogens (tertiary/aromatic N) is 3. The number of rotatable bonds is 5. The molecule has 0 bridgehead atoms. The van der Waals surface area contributed by atoms with Gasteiger partial charge in [-0.2, -0.15) is 5.10 Å². The first kappa shape index (κ1) is 21.8. The number of anilines is 1. The quantitative estimate of drug-likeness (QED) is 0.562. The van der Waals surface area contributed by atoms with Crippen LogP contribution < -0.4 is 10.1 Å². The van der Waals surface area contributed by atoms with Gasteiger partial charge in [0.25, 0.3) is 5.91 Å². The lowest BCUT2D eigenvalue weighted by molar-refractivity contribution is -0.385. The fourth-order valence-corrected chi connectivity index (χ4v) is 4.96. The van der Waals surface area contributed by atoms with E-state index in [1.807, 2.05) is 20.8 Å². The largest absolute Gasteiger partial charge is 0.490 e. The Labute approximate surface area is 174 Å². The van der Waals surface area contributed by atoms with Crippen LogP contribution >= 0.6 is 0 Å². The van der Waals surface area contributed by atoms with Crippen LogP contribution in [0.3, 0.4) is 0 Å². The summed E-state index contributed by atoms with van der Waals surface area (Å²) < 4.78 is 30.4. The highest BCUT2D eigenvalue weighted by Gasteiger charge is 2.33. The zero-order chi connectivity index (χ0) is 22.3. The molecular weight excluding hydrogens is 412 g/mol. The summed E-state index contributed by atoms with van der Waals surface area (Å²) in [6.45, 7) is 5.89. The van der Waals surface area contributed by atoms with Crippen molar-refractivity contribution in [2.45, 2.75) is 38.6 Å². The predicted molar refractivity (Wildman–Crippen MR) is 111 cm³/mol. The van der Waals surface area contributed by atoms with Crippen LogP contribution in [0.5, 0.6) is 5.75 Å². The van der Waals surface area contributed by atoms with E-state index in [1.165, 1.54) is 19.2 Å². The minimum Gasteiger partial charge on any atom is -0.490 e. The minimum atomic E-state index is -3.15. The number of hydrogen-bond donors (Lipinski definition) is 1.